The summed E-state index contributed by atoms with van der Waals surface area (Å²) in [5.41, 5.74) is 0. The van der Waals surface area contributed by atoms with E-state index in [1.54, 1.807) is 16.7 Å². The van der Waals surface area contributed by atoms with Crippen molar-refractivity contribution >= 4 is 23.5 Å². The summed E-state index contributed by atoms with van der Waals surface area (Å²) < 4.78 is 0. The van der Waals surface area contributed by atoms with Gasteiger partial charge >= 0.3 is 0 Å². The van der Waals surface area contributed by atoms with Crippen LogP contribution in [0.2, 0.25) is 0 Å². The SMILES string of the molecule is OC1(O)CSCCN1C1CSCC[N]1. The molecule has 2 heterocycles. The van der Waals surface area contributed by atoms with Gasteiger partial charge in [0, 0.05) is 30.3 Å². The van der Waals surface area contributed by atoms with E-state index in [2.05, 4.69) is 5.32 Å². The Kier molecular flexibility index (Phi) is 3.62. The zero-order chi connectivity index (χ0) is 10.0. The van der Waals surface area contributed by atoms with Gasteiger partial charge in [-0.15, -0.1) is 0 Å². The van der Waals surface area contributed by atoms with Crippen LogP contribution in [0.3, 0.4) is 0 Å². The normalized spacial score (nSPS) is 34.3. The molecule has 0 spiro atoms. The maximum atomic E-state index is 9.78. The molecule has 1 radical (unpaired) electrons. The van der Waals surface area contributed by atoms with Gasteiger partial charge in [0.25, 0.3) is 0 Å². The van der Waals surface area contributed by atoms with Crippen LogP contribution in [-0.4, -0.2) is 63.3 Å². The van der Waals surface area contributed by atoms with Crippen molar-refractivity contribution in [2.45, 2.75) is 12.1 Å². The predicted molar refractivity (Wildman–Crippen MR) is 59.3 cm³/mol. The quantitative estimate of drug-likeness (QED) is 0.592. The first kappa shape index (κ1) is 11.0. The maximum Gasteiger partial charge on any atom is 0.235 e. The van der Waals surface area contributed by atoms with Crippen LogP contribution in [0.5, 0.6) is 0 Å². The highest BCUT2D eigenvalue weighted by Gasteiger charge is 2.40. The molecule has 2 saturated heterocycles. The lowest BCUT2D eigenvalue weighted by atomic mass is 10.3. The van der Waals surface area contributed by atoms with Gasteiger partial charge in [-0.2, -0.15) is 23.5 Å². The summed E-state index contributed by atoms with van der Waals surface area (Å²) in [5.74, 6) is 1.61. The fourth-order valence-electron chi connectivity index (χ4n) is 1.72. The molecule has 2 N–H and O–H groups in total. The molecule has 4 nitrogen and oxygen atoms in total. The van der Waals surface area contributed by atoms with Crippen molar-refractivity contribution in [3.63, 3.8) is 0 Å². The number of hydrogen-bond acceptors (Lipinski definition) is 5. The molecule has 2 aliphatic rings. The zero-order valence-electron chi connectivity index (χ0n) is 7.93. The Bertz CT molecular complexity index is 198. The molecular formula is C8H15N2O2S2. The minimum atomic E-state index is -1.66. The molecular weight excluding hydrogens is 220 g/mol. The zero-order valence-corrected chi connectivity index (χ0v) is 9.56. The Morgan fingerprint density at radius 1 is 1.29 bits per heavy atom. The first-order valence-corrected chi connectivity index (χ1v) is 7.05. The Morgan fingerprint density at radius 3 is 2.79 bits per heavy atom. The summed E-state index contributed by atoms with van der Waals surface area (Å²) in [4.78, 5) is 1.72. The van der Waals surface area contributed by atoms with Gasteiger partial charge in [-0.3, -0.25) is 0 Å². The largest absolute Gasteiger partial charge is 0.353 e. The van der Waals surface area contributed by atoms with Gasteiger partial charge in [0.15, 0.2) is 0 Å². The monoisotopic (exact) mass is 235 g/mol. The van der Waals surface area contributed by atoms with Crippen molar-refractivity contribution in [1.29, 1.82) is 0 Å². The lowest BCUT2D eigenvalue weighted by molar-refractivity contribution is -0.260. The van der Waals surface area contributed by atoms with Crippen molar-refractivity contribution in [1.82, 2.24) is 10.2 Å². The fraction of sp³-hybridized carbons (Fsp3) is 1.00. The molecule has 0 aromatic rings. The molecule has 81 valence electrons. The molecule has 2 fully saturated rings. The molecule has 6 heteroatoms. The Labute approximate surface area is 92.4 Å². The van der Waals surface area contributed by atoms with Crippen LogP contribution >= 0.6 is 23.5 Å². The van der Waals surface area contributed by atoms with Crippen LogP contribution in [0.15, 0.2) is 0 Å². The lowest BCUT2D eigenvalue weighted by Crippen LogP contribution is -2.62. The molecule has 0 saturated carbocycles. The predicted octanol–water partition coefficient (Wildman–Crippen LogP) is -0.649. The van der Waals surface area contributed by atoms with Gasteiger partial charge in [0.1, 0.15) is 0 Å². The smallest absolute Gasteiger partial charge is 0.235 e. The van der Waals surface area contributed by atoms with Crippen LogP contribution in [-0.2, 0) is 0 Å². The maximum absolute atomic E-state index is 9.78. The third-order valence-electron chi connectivity index (χ3n) is 2.43. The van der Waals surface area contributed by atoms with E-state index in [4.69, 9.17) is 0 Å². The van der Waals surface area contributed by atoms with Gasteiger partial charge in [0.05, 0.1) is 11.9 Å². The van der Waals surface area contributed by atoms with Gasteiger partial charge in [-0.25, -0.2) is 10.2 Å². The highest BCUT2D eigenvalue weighted by Crippen LogP contribution is 2.26. The molecule has 2 rings (SSSR count). The van der Waals surface area contributed by atoms with E-state index in [0.717, 1.165) is 23.8 Å². The van der Waals surface area contributed by atoms with Crippen molar-refractivity contribution in [3.8, 4) is 0 Å². The molecule has 0 amide bonds. The summed E-state index contributed by atoms with van der Waals surface area (Å²) >= 11 is 3.41. The fourth-order valence-corrected chi connectivity index (χ4v) is 3.53. The third-order valence-corrected chi connectivity index (χ3v) is 4.50. The molecule has 1 unspecified atom stereocenters. The highest BCUT2D eigenvalue weighted by molar-refractivity contribution is 7.99. The second kappa shape index (κ2) is 4.59. The van der Waals surface area contributed by atoms with Crippen LogP contribution < -0.4 is 5.32 Å². The minimum Gasteiger partial charge on any atom is -0.353 e. The molecule has 14 heavy (non-hydrogen) atoms. The first-order chi connectivity index (χ1) is 6.70. The number of aliphatic hydroxyl groups is 2. The highest BCUT2D eigenvalue weighted by atomic mass is 32.2. The number of hydrogen-bond donors (Lipinski definition) is 2. The second-order valence-corrected chi connectivity index (χ2v) is 5.74. The average Bonchev–Trinajstić information content (AvgIpc) is 2.18. The van der Waals surface area contributed by atoms with Gasteiger partial charge in [-0.05, 0) is 0 Å². The molecule has 2 aliphatic heterocycles. The van der Waals surface area contributed by atoms with Crippen molar-refractivity contribution < 1.29 is 10.2 Å². The second-order valence-electron chi connectivity index (χ2n) is 3.48. The van der Waals surface area contributed by atoms with Crippen LogP contribution in [0.25, 0.3) is 0 Å². The summed E-state index contributed by atoms with van der Waals surface area (Å²) in [7, 11) is 0. The van der Waals surface area contributed by atoms with E-state index in [-0.39, 0.29) is 6.17 Å². The molecule has 0 bridgehead atoms. The third kappa shape index (κ3) is 2.37. The van der Waals surface area contributed by atoms with Gasteiger partial charge < -0.3 is 10.2 Å². The summed E-state index contributed by atoms with van der Waals surface area (Å²) in [6, 6.07) is 0. The van der Waals surface area contributed by atoms with E-state index < -0.39 is 5.91 Å². The van der Waals surface area contributed by atoms with E-state index in [9.17, 15) is 10.2 Å². The summed E-state index contributed by atoms with van der Waals surface area (Å²) in [6.45, 7) is 1.54. The standard InChI is InChI=1S/C8H15N2O2S2/c11-8(12)6-14-4-2-10(8)7-5-13-3-1-9-7/h7,11-12H,1-6H2. The molecule has 1 atom stereocenters. The van der Waals surface area contributed by atoms with E-state index >= 15 is 0 Å². The molecule has 0 aromatic heterocycles. The number of rotatable bonds is 1. The van der Waals surface area contributed by atoms with E-state index in [0.29, 0.717) is 12.3 Å². The Hall–Kier alpha value is 0.540. The van der Waals surface area contributed by atoms with Crippen LogP contribution in [0.4, 0.5) is 0 Å². The molecule has 0 aliphatic carbocycles. The number of thioether (sulfide) groups is 2. The van der Waals surface area contributed by atoms with E-state index in [1.807, 2.05) is 11.8 Å². The minimum absolute atomic E-state index is 0.00958. The van der Waals surface area contributed by atoms with Crippen molar-refractivity contribution in [3.05, 3.63) is 0 Å². The average molecular weight is 235 g/mol. The van der Waals surface area contributed by atoms with Crippen LogP contribution in [0.1, 0.15) is 0 Å². The van der Waals surface area contributed by atoms with Crippen LogP contribution in [0, 0.1) is 0 Å². The topological polar surface area (TPSA) is 57.8 Å². The number of nitrogens with zero attached hydrogens (tertiary/aromatic N) is 2. The van der Waals surface area contributed by atoms with Crippen molar-refractivity contribution in [2.24, 2.45) is 0 Å². The van der Waals surface area contributed by atoms with E-state index in [1.165, 1.54) is 0 Å². The van der Waals surface area contributed by atoms with Gasteiger partial charge in [-0.1, -0.05) is 0 Å². The van der Waals surface area contributed by atoms with Gasteiger partial charge in [0.2, 0.25) is 5.91 Å². The Morgan fingerprint density at radius 2 is 2.14 bits per heavy atom. The Balaban J connectivity index is 1.99. The lowest BCUT2D eigenvalue weighted by Gasteiger charge is -2.43. The van der Waals surface area contributed by atoms with Crippen molar-refractivity contribution in [2.75, 3.05) is 36.1 Å². The first-order valence-electron chi connectivity index (χ1n) is 4.74. The summed E-state index contributed by atoms with van der Waals surface area (Å²) in [5, 5.41) is 24.0. The molecule has 0 aromatic carbocycles. The summed E-state index contributed by atoms with van der Waals surface area (Å²) in [6.07, 6.45) is -0.00958.